The summed E-state index contributed by atoms with van der Waals surface area (Å²) in [6, 6.07) is 12.2. The first kappa shape index (κ1) is 15.9. The summed E-state index contributed by atoms with van der Waals surface area (Å²) in [5.74, 6) is 0.0643. The minimum absolute atomic E-state index is 0.0643. The lowest BCUT2D eigenvalue weighted by molar-refractivity contribution is -0.120. The zero-order chi connectivity index (χ0) is 16.9. The molecule has 0 saturated carbocycles. The smallest absolute Gasteiger partial charge is 0.236 e. The van der Waals surface area contributed by atoms with Crippen molar-refractivity contribution in [2.75, 3.05) is 18.4 Å². The molecule has 0 aromatic heterocycles. The molecule has 1 fully saturated rings. The Bertz CT molecular complexity index is 822. The third-order valence-electron chi connectivity index (χ3n) is 5.24. The molecule has 0 radical (unpaired) electrons. The lowest BCUT2D eigenvalue weighted by Gasteiger charge is -2.23. The first-order chi connectivity index (χ1) is 11.5. The van der Waals surface area contributed by atoms with Gasteiger partial charge in [-0.05, 0) is 42.6 Å². The third-order valence-corrected chi connectivity index (χ3v) is 6.12. The fourth-order valence-corrected chi connectivity index (χ4v) is 4.32. The van der Waals surface area contributed by atoms with Gasteiger partial charge in [-0.1, -0.05) is 53.5 Å². The molecule has 2 aromatic carbocycles. The maximum Gasteiger partial charge on any atom is 0.236 e. The van der Waals surface area contributed by atoms with Crippen LogP contribution < -0.4 is 5.32 Å². The Morgan fingerprint density at radius 3 is 2.75 bits per heavy atom. The predicted molar refractivity (Wildman–Crippen MR) is 97.8 cm³/mol. The number of benzene rings is 2. The minimum atomic E-state index is -0.511. The van der Waals surface area contributed by atoms with Gasteiger partial charge in [-0.2, -0.15) is 0 Å². The molecular weight excluding hydrogens is 343 g/mol. The molecule has 4 rings (SSSR count). The molecule has 0 bridgehead atoms. The second kappa shape index (κ2) is 5.76. The van der Waals surface area contributed by atoms with Crippen molar-refractivity contribution in [2.45, 2.75) is 25.3 Å². The zero-order valence-corrected chi connectivity index (χ0v) is 14.9. The Kier molecular flexibility index (Phi) is 3.83. The molecule has 124 valence electrons. The molecule has 2 aliphatic heterocycles. The van der Waals surface area contributed by atoms with Crippen LogP contribution in [0.4, 0.5) is 5.69 Å². The third kappa shape index (κ3) is 2.34. The highest BCUT2D eigenvalue weighted by Gasteiger charge is 2.51. The molecule has 1 spiro atoms. The van der Waals surface area contributed by atoms with Gasteiger partial charge in [-0.25, -0.2) is 0 Å². The highest BCUT2D eigenvalue weighted by Crippen LogP contribution is 2.48. The molecule has 2 aromatic rings. The second-order valence-corrected chi connectivity index (χ2v) is 7.49. The quantitative estimate of drug-likeness (QED) is 0.860. The second-order valence-electron chi connectivity index (χ2n) is 6.70. The topological polar surface area (TPSA) is 32.3 Å². The summed E-state index contributed by atoms with van der Waals surface area (Å²) in [7, 11) is 0. The summed E-state index contributed by atoms with van der Waals surface area (Å²) in [4.78, 5) is 15.1. The van der Waals surface area contributed by atoms with Crippen LogP contribution in [-0.4, -0.2) is 23.9 Å². The normalized spacial score (nSPS) is 22.9. The van der Waals surface area contributed by atoms with Crippen LogP contribution >= 0.6 is 23.2 Å². The number of halogens is 2. The van der Waals surface area contributed by atoms with Crippen molar-refractivity contribution in [3.63, 3.8) is 0 Å². The van der Waals surface area contributed by atoms with Gasteiger partial charge < -0.3 is 5.32 Å². The van der Waals surface area contributed by atoms with Crippen LogP contribution in [-0.2, 0) is 16.8 Å². The van der Waals surface area contributed by atoms with Crippen molar-refractivity contribution in [3.05, 3.63) is 63.1 Å². The van der Waals surface area contributed by atoms with Crippen LogP contribution in [0.5, 0.6) is 0 Å². The van der Waals surface area contributed by atoms with Crippen molar-refractivity contribution in [1.29, 1.82) is 0 Å². The number of carbonyl (C=O) groups is 1. The first-order valence-corrected chi connectivity index (χ1v) is 8.84. The Labute approximate surface area is 151 Å². The van der Waals surface area contributed by atoms with E-state index >= 15 is 0 Å². The summed E-state index contributed by atoms with van der Waals surface area (Å²) < 4.78 is 0. The molecule has 2 heterocycles. The fraction of sp³-hybridized carbons (Fsp3) is 0.316. The summed E-state index contributed by atoms with van der Waals surface area (Å²) >= 11 is 12.5. The van der Waals surface area contributed by atoms with E-state index in [4.69, 9.17) is 23.2 Å². The Balaban J connectivity index is 1.67. The van der Waals surface area contributed by atoms with Crippen LogP contribution in [0.15, 0.2) is 36.4 Å². The van der Waals surface area contributed by atoms with E-state index in [1.807, 2.05) is 31.2 Å². The SMILES string of the molecule is Cc1c(Cl)c(Cl)cc2c1NC(=O)C21CCN(Cc2ccccc2)C1. The van der Waals surface area contributed by atoms with Crippen LogP contribution in [0.3, 0.4) is 0 Å². The average Bonchev–Trinajstić information content (AvgIpc) is 3.11. The number of amides is 1. The van der Waals surface area contributed by atoms with Gasteiger partial charge in [0.1, 0.15) is 0 Å². The molecule has 1 N–H and O–H groups in total. The summed E-state index contributed by atoms with van der Waals surface area (Å²) in [6.45, 7) is 4.35. The number of anilines is 1. The molecule has 1 unspecified atom stereocenters. The van der Waals surface area contributed by atoms with E-state index < -0.39 is 5.41 Å². The molecule has 1 atom stereocenters. The van der Waals surface area contributed by atoms with Crippen molar-refractivity contribution >= 4 is 34.8 Å². The van der Waals surface area contributed by atoms with Gasteiger partial charge in [0.15, 0.2) is 0 Å². The Morgan fingerprint density at radius 1 is 1.25 bits per heavy atom. The fourth-order valence-electron chi connectivity index (χ4n) is 3.92. The number of nitrogens with one attached hydrogen (secondary N) is 1. The molecule has 24 heavy (non-hydrogen) atoms. The molecule has 2 aliphatic rings. The largest absolute Gasteiger partial charge is 0.325 e. The molecule has 3 nitrogen and oxygen atoms in total. The number of carbonyl (C=O) groups excluding carboxylic acids is 1. The number of hydrogen-bond acceptors (Lipinski definition) is 2. The Morgan fingerprint density at radius 2 is 2.00 bits per heavy atom. The molecular formula is C19H18Cl2N2O. The first-order valence-electron chi connectivity index (χ1n) is 8.08. The maximum atomic E-state index is 12.8. The van der Waals surface area contributed by atoms with E-state index in [0.717, 1.165) is 36.3 Å². The van der Waals surface area contributed by atoms with Gasteiger partial charge in [-0.15, -0.1) is 0 Å². The highest BCUT2D eigenvalue weighted by molar-refractivity contribution is 6.43. The van der Waals surface area contributed by atoms with Crippen LogP contribution in [0.2, 0.25) is 10.0 Å². The van der Waals surface area contributed by atoms with E-state index in [0.29, 0.717) is 16.6 Å². The Hall–Kier alpha value is -1.55. The number of nitrogens with zero attached hydrogens (tertiary/aromatic N) is 1. The monoisotopic (exact) mass is 360 g/mol. The predicted octanol–water partition coefficient (Wildman–Crippen LogP) is 4.40. The van der Waals surface area contributed by atoms with Crippen molar-refractivity contribution in [3.8, 4) is 0 Å². The summed E-state index contributed by atoms with van der Waals surface area (Å²) in [5, 5.41) is 4.08. The van der Waals surface area contributed by atoms with Crippen molar-refractivity contribution in [1.82, 2.24) is 4.90 Å². The molecule has 5 heteroatoms. The highest BCUT2D eigenvalue weighted by atomic mass is 35.5. The average molecular weight is 361 g/mol. The molecule has 0 aliphatic carbocycles. The van der Waals surface area contributed by atoms with Crippen LogP contribution in [0, 0.1) is 6.92 Å². The number of hydrogen-bond donors (Lipinski definition) is 1. The van der Waals surface area contributed by atoms with Gasteiger partial charge >= 0.3 is 0 Å². The van der Waals surface area contributed by atoms with Crippen LogP contribution in [0.25, 0.3) is 0 Å². The maximum absolute atomic E-state index is 12.8. The number of rotatable bonds is 2. The standard InChI is InChI=1S/C19H18Cl2N2O/c1-12-16(21)15(20)9-14-17(12)22-18(24)19(14)7-8-23(11-19)10-13-5-3-2-4-6-13/h2-6,9H,7-8,10-11H2,1H3,(H,22,24). The zero-order valence-electron chi connectivity index (χ0n) is 13.4. The minimum Gasteiger partial charge on any atom is -0.325 e. The lowest BCUT2D eigenvalue weighted by atomic mass is 9.80. The van der Waals surface area contributed by atoms with Crippen molar-refractivity contribution < 1.29 is 4.79 Å². The van der Waals surface area contributed by atoms with E-state index in [2.05, 4.69) is 22.3 Å². The molecule has 1 saturated heterocycles. The van der Waals surface area contributed by atoms with E-state index in [-0.39, 0.29) is 5.91 Å². The van der Waals surface area contributed by atoms with Gasteiger partial charge in [-0.3, -0.25) is 9.69 Å². The summed E-state index contributed by atoms with van der Waals surface area (Å²) in [6.07, 6.45) is 0.802. The number of fused-ring (bicyclic) bond motifs is 2. The van der Waals surface area contributed by atoms with Crippen LogP contribution in [0.1, 0.15) is 23.1 Å². The van der Waals surface area contributed by atoms with E-state index in [9.17, 15) is 4.79 Å². The van der Waals surface area contributed by atoms with Crippen molar-refractivity contribution in [2.24, 2.45) is 0 Å². The van der Waals surface area contributed by atoms with E-state index in [1.165, 1.54) is 5.56 Å². The van der Waals surface area contributed by atoms with Gasteiger partial charge in [0.25, 0.3) is 0 Å². The van der Waals surface area contributed by atoms with E-state index in [1.54, 1.807) is 0 Å². The number of likely N-dealkylation sites (tertiary alicyclic amines) is 1. The van der Waals surface area contributed by atoms with Gasteiger partial charge in [0.2, 0.25) is 5.91 Å². The molecule has 1 amide bonds. The van der Waals surface area contributed by atoms with Gasteiger partial charge in [0.05, 0.1) is 15.5 Å². The lowest BCUT2D eigenvalue weighted by Crippen LogP contribution is -2.37. The van der Waals surface area contributed by atoms with Gasteiger partial charge in [0, 0.05) is 18.8 Å². The summed E-state index contributed by atoms with van der Waals surface area (Å²) in [5.41, 5.74) is 3.44.